The number of nitrogens with zero attached hydrogens (tertiary/aromatic N) is 6. The lowest BCUT2D eigenvalue weighted by atomic mass is 10.3. The number of terminal acetylenes is 3. The van der Waals surface area contributed by atoms with Crippen LogP contribution in [0.15, 0.2) is 86.2 Å². The SMILES string of the molecule is C.C.C.C#CC.C#Cc1cc(-c2cccs2)nc(S(C)(=O)=O)n1.C#Cc1cc(-c2cccs2)nc(SC)n1.CSc1nc(-c2cccs2)cc(C(F)(F)F)n1. The number of rotatable bonds is 6. The minimum absolute atomic E-state index is 0. The third kappa shape index (κ3) is 15.6. The average molecular weight is 861 g/mol. The van der Waals surface area contributed by atoms with Gasteiger partial charge in [-0.3, -0.25) is 0 Å². The summed E-state index contributed by atoms with van der Waals surface area (Å²) in [6.45, 7) is 1.65. The van der Waals surface area contributed by atoms with Crippen LogP contribution >= 0.6 is 57.5 Å². The summed E-state index contributed by atoms with van der Waals surface area (Å²) in [7, 11) is -3.46. The van der Waals surface area contributed by atoms with Gasteiger partial charge in [0, 0.05) is 6.26 Å². The van der Waals surface area contributed by atoms with Crippen LogP contribution in [0.5, 0.6) is 0 Å². The number of hydrogen-bond acceptors (Lipinski definition) is 13. The Morgan fingerprint density at radius 3 is 1.38 bits per heavy atom. The van der Waals surface area contributed by atoms with Crippen LogP contribution < -0.4 is 0 Å². The summed E-state index contributed by atoms with van der Waals surface area (Å²) in [6, 6.07) is 15.6. The van der Waals surface area contributed by atoms with Gasteiger partial charge in [-0.05, 0) is 72.0 Å². The highest BCUT2D eigenvalue weighted by molar-refractivity contribution is 7.98. The topological polar surface area (TPSA) is 111 Å². The summed E-state index contributed by atoms with van der Waals surface area (Å²) >= 11 is 7.04. The Morgan fingerprint density at radius 2 is 1.04 bits per heavy atom. The van der Waals surface area contributed by atoms with Gasteiger partial charge in [0.1, 0.15) is 17.1 Å². The number of sulfone groups is 1. The maximum Gasteiger partial charge on any atom is 0.433 e. The van der Waals surface area contributed by atoms with E-state index in [1.807, 2.05) is 47.3 Å². The molecule has 6 aromatic rings. The quantitative estimate of drug-likeness (QED) is 0.0911. The van der Waals surface area contributed by atoms with E-state index in [-0.39, 0.29) is 38.3 Å². The smallest absolute Gasteiger partial charge is 0.222 e. The molecule has 8 nitrogen and oxygen atoms in total. The van der Waals surface area contributed by atoms with E-state index in [0.29, 0.717) is 27.1 Å². The first kappa shape index (κ1) is 50.5. The molecule has 0 bridgehead atoms. The molecule has 55 heavy (non-hydrogen) atoms. The van der Waals surface area contributed by atoms with Crippen molar-refractivity contribution in [2.45, 2.75) is 50.8 Å². The Labute approximate surface area is 342 Å². The summed E-state index contributed by atoms with van der Waals surface area (Å²) in [5.41, 5.74) is 1.74. The van der Waals surface area contributed by atoms with Crippen molar-refractivity contribution >= 4 is 67.4 Å². The predicted octanol–water partition coefficient (Wildman–Crippen LogP) is 11.0. The summed E-state index contributed by atoms with van der Waals surface area (Å²) in [6.07, 6.45) is 15.4. The molecule has 0 N–H and O–H groups in total. The van der Waals surface area contributed by atoms with Gasteiger partial charge in [-0.15, -0.1) is 59.2 Å². The number of halogens is 3. The molecule has 290 valence electrons. The van der Waals surface area contributed by atoms with E-state index in [4.69, 9.17) is 12.8 Å². The molecule has 6 aromatic heterocycles. The predicted molar refractivity (Wildman–Crippen MR) is 228 cm³/mol. The second-order valence-corrected chi connectivity index (χ2v) is 15.7. The molecule has 0 saturated heterocycles. The molecule has 6 rings (SSSR count). The molecule has 0 spiro atoms. The first-order valence-corrected chi connectivity index (χ1v) is 21.2. The van der Waals surface area contributed by atoms with Crippen molar-refractivity contribution in [2.24, 2.45) is 0 Å². The van der Waals surface area contributed by atoms with Gasteiger partial charge in [-0.2, -0.15) is 13.2 Å². The zero-order valence-electron chi connectivity index (χ0n) is 27.7. The number of thiophene rings is 3. The minimum Gasteiger partial charge on any atom is -0.222 e. The molecule has 0 fully saturated rings. The lowest BCUT2D eigenvalue weighted by molar-refractivity contribution is -0.141. The minimum atomic E-state index is -4.45. The molecule has 17 heteroatoms. The monoisotopic (exact) mass is 860 g/mol. The highest BCUT2D eigenvalue weighted by Gasteiger charge is 2.33. The first-order chi connectivity index (χ1) is 24.8. The fraction of sp³-hybridized carbons (Fsp3) is 0.211. The Morgan fingerprint density at radius 1 is 0.655 bits per heavy atom. The Kier molecular flexibility index (Phi) is 22.1. The van der Waals surface area contributed by atoms with Crippen LogP contribution in [0.3, 0.4) is 0 Å². The molecular formula is C38H39F3N6O2S6. The van der Waals surface area contributed by atoms with Crippen LogP contribution in [-0.2, 0) is 16.0 Å². The molecule has 0 radical (unpaired) electrons. The normalized spacial score (nSPS) is 9.89. The van der Waals surface area contributed by atoms with Crippen LogP contribution in [0.2, 0.25) is 0 Å². The van der Waals surface area contributed by atoms with E-state index in [2.05, 4.69) is 54.1 Å². The van der Waals surface area contributed by atoms with Crippen molar-refractivity contribution in [2.75, 3.05) is 18.8 Å². The second-order valence-electron chi connectivity index (χ2n) is 9.45. The third-order valence-corrected chi connectivity index (χ3v) is 10.3. The summed E-state index contributed by atoms with van der Waals surface area (Å²) in [5, 5.41) is 6.30. The molecule has 0 saturated carbocycles. The Hall–Kier alpha value is -4.54. The van der Waals surface area contributed by atoms with Gasteiger partial charge in [0.25, 0.3) is 0 Å². The zero-order chi connectivity index (χ0) is 38.3. The van der Waals surface area contributed by atoms with Gasteiger partial charge in [0.15, 0.2) is 10.3 Å². The van der Waals surface area contributed by atoms with Crippen molar-refractivity contribution < 1.29 is 21.6 Å². The summed E-state index contributed by atoms with van der Waals surface area (Å²) in [4.78, 5) is 26.6. The third-order valence-electron chi connectivity index (χ3n) is 5.72. The van der Waals surface area contributed by atoms with Gasteiger partial charge >= 0.3 is 6.18 Å². The molecule has 0 atom stereocenters. The number of alkyl halides is 3. The fourth-order valence-corrected chi connectivity index (χ4v) is 6.91. The second kappa shape index (κ2) is 24.1. The van der Waals surface area contributed by atoms with Crippen LogP contribution in [0.1, 0.15) is 46.3 Å². The van der Waals surface area contributed by atoms with Gasteiger partial charge in [-0.25, -0.2) is 38.3 Å². The van der Waals surface area contributed by atoms with Crippen molar-refractivity contribution in [1.29, 1.82) is 0 Å². The van der Waals surface area contributed by atoms with E-state index in [1.165, 1.54) is 34.4 Å². The van der Waals surface area contributed by atoms with Crippen molar-refractivity contribution in [3.05, 3.63) is 87.8 Å². The lowest BCUT2D eigenvalue weighted by Gasteiger charge is -2.08. The molecular weight excluding hydrogens is 822 g/mol. The van der Waals surface area contributed by atoms with Crippen molar-refractivity contribution in [3.8, 4) is 68.7 Å². The fourth-order valence-electron chi connectivity index (χ4n) is 3.57. The molecule has 0 aromatic carbocycles. The molecule has 0 aliphatic heterocycles. The van der Waals surface area contributed by atoms with E-state index in [1.54, 1.807) is 48.1 Å². The van der Waals surface area contributed by atoms with Crippen molar-refractivity contribution in [3.63, 3.8) is 0 Å². The lowest BCUT2D eigenvalue weighted by Crippen LogP contribution is -2.09. The largest absolute Gasteiger partial charge is 0.433 e. The van der Waals surface area contributed by atoms with Crippen LogP contribution in [0.25, 0.3) is 31.7 Å². The van der Waals surface area contributed by atoms with E-state index in [9.17, 15) is 21.6 Å². The molecule has 0 aliphatic carbocycles. The van der Waals surface area contributed by atoms with E-state index in [0.717, 1.165) is 39.5 Å². The van der Waals surface area contributed by atoms with Crippen LogP contribution in [-0.4, -0.2) is 57.1 Å². The molecule has 0 amide bonds. The van der Waals surface area contributed by atoms with Crippen molar-refractivity contribution in [1.82, 2.24) is 29.9 Å². The van der Waals surface area contributed by atoms with Crippen LogP contribution in [0.4, 0.5) is 13.2 Å². The average Bonchev–Trinajstić information content (AvgIpc) is 3.96. The standard InChI is InChI=1S/C11H8N2O2S2.C11H8N2S2.C10H7F3N2S2.C3H4.3CH4/c1-3-8-7-9(10-5-4-6-16-10)13-11(12-8)17(2,14)15;1-3-8-7-9(10-5-4-6-15-10)13-11(12-8)14-2;1-16-9-14-6(7-3-2-4-17-7)5-8(15-9)10(11,12)13;1-3-2;;;/h1,4-7H,2H3;1,4-7H,2H3;2-5H,1H3;1H,2H3;3*1H4. The zero-order valence-corrected chi connectivity index (χ0v) is 32.6. The van der Waals surface area contributed by atoms with E-state index >= 15 is 0 Å². The summed E-state index contributed by atoms with van der Waals surface area (Å²) in [5.74, 6) is 7.13. The van der Waals surface area contributed by atoms with Gasteiger partial charge in [0.2, 0.25) is 15.0 Å². The Balaban J connectivity index is 0.000000748. The molecule has 0 unspecified atom stereocenters. The molecule has 0 aliphatic rings. The highest BCUT2D eigenvalue weighted by atomic mass is 32.2. The van der Waals surface area contributed by atoms with Gasteiger partial charge < -0.3 is 0 Å². The maximum absolute atomic E-state index is 12.6. The number of aromatic nitrogens is 6. The maximum atomic E-state index is 12.6. The van der Waals surface area contributed by atoms with Crippen LogP contribution in [0, 0.1) is 37.0 Å². The Bertz CT molecular complexity index is 2290. The van der Waals surface area contributed by atoms with Gasteiger partial charge in [-0.1, -0.05) is 75.8 Å². The first-order valence-electron chi connectivity index (χ1n) is 14.2. The summed E-state index contributed by atoms with van der Waals surface area (Å²) < 4.78 is 60.8. The number of thioether (sulfide) groups is 2. The highest BCUT2D eigenvalue weighted by Crippen LogP contribution is 2.33. The van der Waals surface area contributed by atoms with Gasteiger partial charge in [0.05, 0.1) is 31.7 Å². The van der Waals surface area contributed by atoms with E-state index < -0.39 is 21.7 Å². The number of hydrogen-bond donors (Lipinski definition) is 0. The molecule has 6 heterocycles.